The lowest BCUT2D eigenvalue weighted by Crippen LogP contribution is -2.46. The molecule has 1 N–H and O–H groups in total. The molecule has 1 aromatic heterocycles. The van der Waals surface area contributed by atoms with Crippen LogP contribution in [0.25, 0.3) is 22.6 Å². The first kappa shape index (κ1) is 20.7. The van der Waals surface area contributed by atoms with Crippen molar-refractivity contribution in [2.45, 2.75) is 50.6 Å². The highest BCUT2D eigenvalue weighted by Crippen LogP contribution is 2.31. The highest BCUT2D eigenvalue weighted by atomic mass is 19.1. The summed E-state index contributed by atoms with van der Waals surface area (Å²) in [7, 11) is 1.83. The molecule has 2 atom stereocenters. The molecular formula is C25H26FN3O3. The molecule has 0 unspecified atom stereocenters. The Hall–Kier alpha value is -3.22. The number of benzene rings is 2. The van der Waals surface area contributed by atoms with Crippen LogP contribution in [0.2, 0.25) is 0 Å². The van der Waals surface area contributed by atoms with Gasteiger partial charge in [0.2, 0.25) is 11.8 Å². The number of halogens is 1. The Kier molecular flexibility index (Phi) is 5.41. The lowest BCUT2D eigenvalue weighted by molar-refractivity contribution is -0.123. The molecule has 5 rings (SSSR count). The fourth-order valence-corrected chi connectivity index (χ4v) is 4.48. The van der Waals surface area contributed by atoms with Crippen LogP contribution in [0.5, 0.6) is 0 Å². The number of nitrogens with one attached hydrogen (secondary N) is 1. The number of aromatic nitrogens is 1. The molecule has 32 heavy (non-hydrogen) atoms. The quantitative estimate of drug-likeness (QED) is 0.638. The molecule has 2 fully saturated rings. The number of oxazole rings is 1. The van der Waals surface area contributed by atoms with Crippen molar-refractivity contribution in [3.8, 4) is 11.5 Å². The van der Waals surface area contributed by atoms with Crippen LogP contribution in [0.1, 0.15) is 48.9 Å². The van der Waals surface area contributed by atoms with Gasteiger partial charge in [-0.05, 0) is 74.9 Å². The molecule has 2 aliphatic carbocycles. The van der Waals surface area contributed by atoms with Gasteiger partial charge in [0, 0.05) is 36.2 Å². The number of fused-ring (bicyclic) bond motifs is 1. The number of rotatable bonds is 5. The van der Waals surface area contributed by atoms with Crippen LogP contribution in [0.4, 0.5) is 4.39 Å². The van der Waals surface area contributed by atoms with E-state index in [0.717, 1.165) is 38.5 Å². The largest absolute Gasteiger partial charge is 0.433 e. The Morgan fingerprint density at radius 2 is 1.88 bits per heavy atom. The summed E-state index contributed by atoms with van der Waals surface area (Å²) >= 11 is 0. The minimum absolute atomic E-state index is 0.0562. The number of hydrogen-bond donors (Lipinski definition) is 1. The van der Waals surface area contributed by atoms with Crippen LogP contribution in [0.15, 0.2) is 46.9 Å². The molecule has 7 heteroatoms. The Balaban J connectivity index is 1.26. The summed E-state index contributed by atoms with van der Waals surface area (Å²) in [6.07, 6.45) is 5.67. The standard InChI is InChI=1S/C25H26FN3O3/c1-29(19-5-2-4-18(14-19)27-23(30)15-8-9-15)25(31)17-12-10-16(11-13-17)24-28-21-7-3-6-20(26)22(21)32-24/h3,6-7,10-13,15,18-19H,2,4-5,8-9,14H2,1H3,(H,27,30)/t18-,19+/m0/s1. The Morgan fingerprint density at radius 1 is 1.09 bits per heavy atom. The van der Waals surface area contributed by atoms with Crippen molar-refractivity contribution < 1.29 is 18.4 Å². The Labute approximate surface area is 185 Å². The minimum atomic E-state index is -0.450. The second kappa shape index (κ2) is 8.37. The molecule has 6 nitrogen and oxygen atoms in total. The van der Waals surface area contributed by atoms with Crippen LogP contribution >= 0.6 is 0 Å². The molecule has 2 saturated carbocycles. The topological polar surface area (TPSA) is 75.4 Å². The van der Waals surface area contributed by atoms with Gasteiger partial charge < -0.3 is 14.6 Å². The van der Waals surface area contributed by atoms with E-state index in [1.54, 1.807) is 41.3 Å². The average molecular weight is 435 g/mol. The zero-order valence-electron chi connectivity index (χ0n) is 18.0. The van der Waals surface area contributed by atoms with Gasteiger partial charge in [-0.3, -0.25) is 9.59 Å². The SMILES string of the molecule is CN(C(=O)c1ccc(-c2nc3cccc(F)c3o2)cc1)[C@@H]1CCC[C@H](NC(=O)C2CC2)C1. The third kappa shape index (κ3) is 4.11. The van der Waals surface area contributed by atoms with E-state index in [2.05, 4.69) is 10.3 Å². The van der Waals surface area contributed by atoms with Gasteiger partial charge in [-0.2, -0.15) is 0 Å². The van der Waals surface area contributed by atoms with Crippen LogP contribution in [0.3, 0.4) is 0 Å². The van der Waals surface area contributed by atoms with E-state index in [1.807, 2.05) is 7.05 Å². The number of carbonyl (C=O) groups is 2. The van der Waals surface area contributed by atoms with Crippen molar-refractivity contribution in [3.63, 3.8) is 0 Å². The van der Waals surface area contributed by atoms with Gasteiger partial charge in [0.1, 0.15) is 5.52 Å². The molecule has 0 saturated heterocycles. The van der Waals surface area contributed by atoms with E-state index in [-0.39, 0.29) is 35.4 Å². The molecule has 166 valence electrons. The van der Waals surface area contributed by atoms with Crippen LogP contribution < -0.4 is 5.32 Å². The first-order valence-corrected chi connectivity index (χ1v) is 11.2. The third-order valence-corrected chi connectivity index (χ3v) is 6.55. The van der Waals surface area contributed by atoms with Gasteiger partial charge in [-0.15, -0.1) is 0 Å². The highest BCUT2D eigenvalue weighted by Gasteiger charge is 2.33. The third-order valence-electron chi connectivity index (χ3n) is 6.55. The van der Waals surface area contributed by atoms with Crippen molar-refractivity contribution in [2.75, 3.05) is 7.05 Å². The zero-order chi connectivity index (χ0) is 22.2. The molecule has 0 bridgehead atoms. The predicted molar refractivity (Wildman–Crippen MR) is 118 cm³/mol. The molecule has 2 aromatic carbocycles. The summed E-state index contributed by atoms with van der Waals surface area (Å²) in [4.78, 5) is 31.3. The van der Waals surface area contributed by atoms with Crippen molar-refractivity contribution >= 4 is 22.9 Å². The second-order valence-corrected chi connectivity index (χ2v) is 8.90. The summed E-state index contributed by atoms with van der Waals surface area (Å²) in [5.41, 5.74) is 1.84. The average Bonchev–Trinajstić information content (AvgIpc) is 3.57. The van der Waals surface area contributed by atoms with Gasteiger partial charge in [-0.25, -0.2) is 9.37 Å². The van der Waals surface area contributed by atoms with Gasteiger partial charge in [-0.1, -0.05) is 6.07 Å². The molecule has 0 spiro atoms. The van der Waals surface area contributed by atoms with Crippen molar-refractivity contribution in [2.24, 2.45) is 5.92 Å². The maximum Gasteiger partial charge on any atom is 0.253 e. The lowest BCUT2D eigenvalue weighted by Gasteiger charge is -2.35. The zero-order valence-corrected chi connectivity index (χ0v) is 18.0. The Bertz CT molecular complexity index is 1150. The first-order chi connectivity index (χ1) is 15.5. The van der Waals surface area contributed by atoms with Crippen LogP contribution in [-0.2, 0) is 4.79 Å². The number of amides is 2. The van der Waals surface area contributed by atoms with E-state index in [0.29, 0.717) is 22.5 Å². The summed E-state index contributed by atoms with van der Waals surface area (Å²) in [5.74, 6) is 0.178. The molecule has 3 aromatic rings. The highest BCUT2D eigenvalue weighted by molar-refractivity contribution is 5.94. The number of para-hydroxylation sites is 1. The number of hydrogen-bond acceptors (Lipinski definition) is 4. The maximum absolute atomic E-state index is 13.9. The normalized spacial score (nSPS) is 20.8. The lowest BCUT2D eigenvalue weighted by atomic mass is 9.89. The van der Waals surface area contributed by atoms with E-state index in [9.17, 15) is 14.0 Å². The van der Waals surface area contributed by atoms with Crippen molar-refractivity contribution in [1.82, 2.24) is 15.2 Å². The van der Waals surface area contributed by atoms with E-state index < -0.39 is 5.82 Å². The van der Waals surface area contributed by atoms with Gasteiger partial charge in [0.25, 0.3) is 5.91 Å². The summed E-state index contributed by atoms with van der Waals surface area (Å²) in [6, 6.07) is 11.9. The molecule has 0 radical (unpaired) electrons. The second-order valence-electron chi connectivity index (χ2n) is 8.90. The number of carbonyl (C=O) groups excluding carboxylic acids is 2. The van der Waals surface area contributed by atoms with E-state index in [4.69, 9.17) is 4.42 Å². The molecular weight excluding hydrogens is 409 g/mol. The molecule has 0 aliphatic heterocycles. The van der Waals surface area contributed by atoms with Crippen LogP contribution in [0, 0.1) is 11.7 Å². The molecule has 1 heterocycles. The van der Waals surface area contributed by atoms with Gasteiger partial charge in [0.15, 0.2) is 11.4 Å². The summed E-state index contributed by atoms with van der Waals surface area (Å²) in [5, 5.41) is 3.16. The molecule has 2 aliphatic rings. The maximum atomic E-state index is 13.9. The summed E-state index contributed by atoms with van der Waals surface area (Å²) < 4.78 is 19.5. The fourth-order valence-electron chi connectivity index (χ4n) is 4.48. The van der Waals surface area contributed by atoms with Gasteiger partial charge >= 0.3 is 0 Å². The van der Waals surface area contributed by atoms with E-state index in [1.165, 1.54) is 6.07 Å². The first-order valence-electron chi connectivity index (χ1n) is 11.2. The van der Waals surface area contributed by atoms with Crippen molar-refractivity contribution in [3.05, 3.63) is 53.8 Å². The van der Waals surface area contributed by atoms with E-state index >= 15 is 0 Å². The monoisotopic (exact) mass is 435 g/mol. The van der Waals surface area contributed by atoms with Crippen LogP contribution in [-0.4, -0.2) is 40.8 Å². The smallest absolute Gasteiger partial charge is 0.253 e. The Morgan fingerprint density at radius 3 is 2.59 bits per heavy atom. The van der Waals surface area contributed by atoms with Crippen molar-refractivity contribution in [1.29, 1.82) is 0 Å². The molecule has 2 amide bonds. The fraction of sp³-hybridized carbons (Fsp3) is 0.400. The van der Waals surface area contributed by atoms with Gasteiger partial charge in [0.05, 0.1) is 0 Å². The number of nitrogens with zero attached hydrogens (tertiary/aromatic N) is 2. The summed E-state index contributed by atoms with van der Waals surface area (Å²) in [6.45, 7) is 0. The predicted octanol–water partition coefficient (Wildman–Crippen LogP) is 4.54. The minimum Gasteiger partial charge on any atom is -0.433 e.